The van der Waals surface area contributed by atoms with Crippen LogP contribution >= 0.6 is 0 Å². The van der Waals surface area contributed by atoms with Gasteiger partial charge in [0.1, 0.15) is 5.76 Å². The zero-order valence-corrected chi connectivity index (χ0v) is 13.5. The van der Waals surface area contributed by atoms with E-state index in [1.807, 2.05) is 0 Å². The Morgan fingerprint density at radius 2 is 1.37 bits per heavy atom. The number of nitrogens with zero attached hydrogens (tertiary/aromatic N) is 2. The Bertz CT molecular complexity index is 994. The molecule has 1 atom stereocenters. The summed E-state index contributed by atoms with van der Waals surface area (Å²) < 4.78 is 0. The molecule has 136 valence electrons. The Balaban J connectivity index is 2.05. The first kappa shape index (κ1) is 17.7. The van der Waals surface area contributed by atoms with Crippen molar-refractivity contribution in [2.24, 2.45) is 0 Å². The van der Waals surface area contributed by atoms with Gasteiger partial charge in [0.05, 0.1) is 21.5 Å². The van der Waals surface area contributed by atoms with E-state index in [9.17, 15) is 34.9 Å². The molecule has 2 aromatic rings. The van der Waals surface area contributed by atoms with Crippen LogP contribution in [0.5, 0.6) is 0 Å². The molecule has 0 saturated carbocycles. The van der Waals surface area contributed by atoms with Gasteiger partial charge in [-0.2, -0.15) is 0 Å². The maximum Gasteiger partial charge on any atom is 0.293 e. The quantitative estimate of drug-likeness (QED) is 0.275. The van der Waals surface area contributed by atoms with Crippen LogP contribution in [0.1, 0.15) is 17.2 Å². The molecule has 1 saturated heterocycles. The second kappa shape index (κ2) is 6.67. The zero-order valence-electron chi connectivity index (χ0n) is 13.5. The lowest BCUT2D eigenvalue weighted by molar-refractivity contribution is -0.385. The molecule has 0 radical (unpaired) electrons. The van der Waals surface area contributed by atoms with Gasteiger partial charge < -0.3 is 10.4 Å². The summed E-state index contributed by atoms with van der Waals surface area (Å²) in [5.41, 5.74) is -0.117. The molecule has 1 amide bonds. The van der Waals surface area contributed by atoms with E-state index in [0.29, 0.717) is 5.56 Å². The Kier molecular flexibility index (Phi) is 4.38. The molecule has 3 rings (SSSR count). The van der Waals surface area contributed by atoms with Gasteiger partial charge in [-0.15, -0.1) is 0 Å². The van der Waals surface area contributed by atoms with Gasteiger partial charge in [0, 0.05) is 29.8 Å². The normalized spacial score (nSPS) is 18.1. The number of aliphatic hydroxyl groups excluding tert-OH is 1. The highest BCUT2D eigenvalue weighted by Crippen LogP contribution is 2.33. The summed E-state index contributed by atoms with van der Waals surface area (Å²) in [5.74, 6) is -2.38. The summed E-state index contributed by atoms with van der Waals surface area (Å²) in [5, 5.41) is 34.4. The van der Waals surface area contributed by atoms with E-state index in [4.69, 9.17) is 0 Å². The highest BCUT2D eigenvalue weighted by Gasteiger charge is 2.39. The molecule has 1 heterocycles. The molecule has 2 aromatic carbocycles. The third kappa shape index (κ3) is 3.23. The number of amides is 1. The van der Waals surface area contributed by atoms with E-state index in [-0.39, 0.29) is 22.5 Å². The summed E-state index contributed by atoms with van der Waals surface area (Å²) in [6.45, 7) is 0. The maximum absolute atomic E-state index is 12.2. The molecular formula is C17H11N3O7. The van der Waals surface area contributed by atoms with E-state index < -0.39 is 33.3 Å². The van der Waals surface area contributed by atoms with Gasteiger partial charge in [-0.3, -0.25) is 29.8 Å². The van der Waals surface area contributed by atoms with Crippen LogP contribution in [-0.2, 0) is 9.59 Å². The molecular weight excluding hydrogens is 358 g/mol. The van der Waals surface area contributed by atoms with Crippen molar-refractivity contribution < 1.29 is 24.5 Å². The molecule has 10 heteroatoms. The van der Waals surface area contributed by atoms with Crippen molar-refractivity contribution in [3.63, 3.8) is 0 Å². The number of carbonyl (C=O) groups is 2. The van der Waals surface area contributed by atoms with E-state index in [2.05, 4.69) is 5.32 Å². The van der Waals surface area contributed by atoms with Crippen molar-refractivity contribution in [3.8, 4) is 0 Å². The lowest BCUT2D eigenvalue weighted by Crippen LogP contribution is -2.21. The SMILES string of the molecule is O=C1NC(c2ccc([N+](=O)[O-])cc2)/C(=C(/O)c2ccc([N+](=O)[O-])cc2)C1=O. The molecule has 27 heavy (non-hydrogen) atoms. The third-order valence-corrected chi connectivity index (χ3v) is 4.06. The molecule has 1 aliphatic heterocycles. The predicted molar refractivity (Wildman–Crippen MR) is 91.6 cm³/mol. The van der Waals surface area contributed by atoms with Crippen LogP contribution < -0.4 is 5.32 Å². The molecule has 0 bridgehead atoms. The van der Waals surface area contributed by atoms with Crippen molar-refractivity contribution in [2.45, 2.75) is 6.04 Å². The number of rotatable bonds is 4. The van der Waals surface area contributed by atoms with Crippen molar-refractivity contribution in [2.75, 3.05) is 0 Å². The Hall–Kier alpha value is -4.08. The number of hydrogen-bond acceptors (Lipinski definition) is 7. The van der Waals surface area contributed by atoms with Gasteiger partial charge in [-0.25, -0.2) is 0 Å². The van der Waals surface area contributed by atoms with Crippen LogP contribution in [0, 0.1) is 20.2 Å². The summed E-state index contributed by atoms with van der Waals surface area (Å²) in [6.07, 6.45) is 0. The number of aliphatic hydroxyl groups is 1. The summed E-state index contributed by atoms with van der Waals surface area (Å²) in [7, 11) is 0. The number of carbonyl (C=O) groups excluding carboxylic acids is 2. The average Bonchev–Trinajstić information content (AvgIpc) is 2.96. The maximum atomic E-state index is 12.2. The van der Waals surface area contributed by atoms with E-state index >= 15 is 0 Å². The van der Waals surface area contributed by atoms with Crippen molar-refractivity contribution in [1.29, 1.82) is 0 Å². The molecule has 0 spiro atoms. The average molecular weight is 369 g/mol. The molecule has 0 aromatic heterocycles. The van der Waals surface area contributed by atoms with Gasteiger partial charge in [0.15, 0.2) is 0 Å². The zero-order chi connectivity index (χ0) is 19.7. The number of nitro benzene ring substituents is 2. The van der Waals surface area contributed by atoms with Gasteiger partial charge in [-0.1, -0.05) is 0 Å². The topological polar surface area (TPSA) is 153 Å². The van der Waals surface area contributed by atoms with E-state index in [1.165, 1.54) is 36.4 Å². The fourth-order valence-electron chi connectivity index (χ4n) is 2.70. The van der Waals surface area contributed by atoms with Crippen molar-refractivity contribution >= 4 is 28.8 Å². The fourth-order valence-corrected chi connectivity index (χ4v) is 2.70. The van der Waals surface area contributed by atoms with Crippen LogP contribution in [0.4, 0.5) is 11.4 Å². The number of nitrogens with one attached hydrogen (secondary N) is 1. The van der Waals surface area contributed by atoms with Crippen LogP contribution in [0.3, 0.4) is 0 Å². The predicted octanol–water partition coefficient (Wildman–Crippen LogP) is 2.21. The second-order valence-corrected chi connectivity index (χ2v) is 5.65. The van der Waals surface area contributed by atoms with E-state index in [1.54, 1.807) is 0 Å². The minimum atomic E-state index is -0.999. The fraction of sp³-hybridized carbons (Fsp3) is 0.0588. The lowest BCUT2D eigenvalue weighted by atomic mass is 9.95. The number of non-ortho nitro benzene ring substituents is 2. The highest BCUT2D eigenvalue weighted by atomic mass is 16.6. The van der Waals surface area contributed by atoms with Gasteiger partial charge in [0.25, 0.3) is 23.1 Å². The van der Waals surface area contributed by atoms with E-state index in [0.717, 1.165) is 12.1 Å². The summed E-state index contributed by atoms with van der Waals surface area (Å²) in [4.78, 5) is 44.3. The Morgan fingerprint density at radius 3 is 1.85 bits per heavy atom. The number of hydrogen-bond donors (Lipinski definition) is 2. The largest absolute Gasteiger partial charge is 0.507 e. The van der Waals surface area contributed by atoms with Crippen molar-refractivity contribution in [1.82, 2.24) is 5.32 Å². The first-order valence-corrected chi connectivity index (χ1v) is 7.57. The van der Waals surface area contributed by atoms with Crippen LogP contribution in [-0.4, -0.2) is 26.6 Å². The first-order chi connectivity index (χ1) is 12.8. The molecule has 2 N–H and O–H groups in total. The van der Waals surface area contributed by atoms with Gasteiger partial charge >= 0.3 is 0 Å². The summed E-state index contributed by atoms with van der Waals surface area (Å²) >= 11 is 0. The van der Waals surface area contributed by atoms with Crippen LogP contribution in [0.15, 0.2) is 54.1 Å². The molecule has 10 nitrogen and oxygen atoms in total. The number of benzene rings is 2. The second-order valence-electron chi connectivity index (χ2n) is 5.65. The number of Topliss-reactive ketones (excluding diaryl/α,β-unsaturated/α-hetero) is 1. The smallest absolute Gasteiger partial charge is 0.293 e. The molecule has 1 fully saturated rings. The van der Waals surface area contributed by atoms with Crippen molar-refractivity contribution in [3.05, 3.63) is 85.5 Å². The third-order valence-electron chi connectivity index (χ3n) is 4.06. The lowest BCUT2D eigenvalue weighted by Gasteiger charge is -2.13. The monoisotopic (exact) mass is 369 g/mol. The number of ketones is 1. The minimum Gasteiger partial charge on any atom is -0.507 e. The van der Waals surface area contributed by atoms with Crippen LogP contribution in [0.25, 0.3) is 5.76 Å². The molecule has 1 aliphatic rings. The first-order valence-electron chi connectivity index (χ1n) is 7.57. The standard InChI is InChI=1S/C17H11N3O7/c21-15(10-3-7-12(8-4-10)20(26)27)13-14(18-17(23)16(13)22)9-1-5-11(6-2-9)19(24)25/h1-8,14,21H,(H,18,23)/b15-13-. The highest BCUT2D eigenvalue weighted by molar-refractivity contribution is 6.46. The molecule has 1 unspecified atom stereocenters. The van der Waals surface area contributed by atoms with Crippen LogP contribution in [0.2, 0.25) is 0 Å². The van der Waals surface area contributed by atoms with Gasteiger partial charge in [-0.05, 0) is 29.8 Å². The summed E-state index contributed by atoms with van der Waals surface area (Å²) in [6, 6.07) is 8.97. The Morgan fingerprint density at radius 1 is 0.889 bits per heavy atom. The Labute approximate surface area is 151 Å². The minimum absolute atomic E-state index is 0.118. The number of nitro groups is 2. The molecule has 0 aliphatic carbocycles. The van der Waals surface area contributed by atoms with Gasteiger partial charge in [0.2, 0.25) is 0 Å².